The lowest BCUT2D eigenvalue weighted by Gasteiger charge is -2.16. The number of thioether (sulfide) groups is 1. The number of ether oxygens (including phenoxy) is 1. The van der Waals surface area contributed by atoms with Gasteiger partial charge in [-0.25, -0.2) is 0 Å². The second kappa shape index (κ2) is 7.17. The highest BCUT2D eigenvalue weighted by Crippen LogP contribution is 2.39. The Morgan fingerprint density at radius 2 is 2.28 bits per heavy atom. The molecule has 0 aliphatic carbocycles. The number of rotatable bonds is 7. The third kappa shape index (κ3) is 4.01. The van der Waals surface area contributed by atoms with E-state index in [0.717, 1.165) is 30.9 Å². The van der Waals surface area contributed by atoms with Crippen molar-refractivity contribution in [1.82, 2.24) is 5.32 Å². The minimum absolute atomic E-state index is 0.730. The topological polar surface area (TPSA) is 21.3 Å². The molecule has 1 aromatic rings. The van der Waals surface area contributed by atoms with Gasteiger partial charge >= 0.3 is 0 Å². The Bertz CT molecular complexity index is 344. The summed E-state index contributed by atoms with van der Waals surface area (Å²) in [7, 11) is 1.75. The molecule has 3 heteroatoms. The van der Waals surface area contributed by atoms with Crippen LogP contribution in [0.15, 0.2) is 29.2 Å². The van der Waals surface area contributed by atoms with E-state index in [1.165, 1.54) is 23.3 Å². The van der Waals surface area contributed by atoms with Crippen LogP contribution < -0.4 is 5.32 Å². The lowest BCUT2D eigenvalue weighted by atomic mass is 10.0. The maximum absolute atomic E-state index is 5.03. The molecule has 0 saturated carbocycles. The highest BCUT2D eigenvalue weighted by molar-refractivity contribution is 8.00. The first-order valence-electron chi connectivity index (χ1n) is 6.74. The molecule has 0 spiro atoms. The molecule has 1 aliphatic heterocycles. The molecule has 1 N–H and O–H groups in total. The Labute approximate surface area is 114 Å². The van der Waals surface area contributed by atoms with E-state index in [9.17, 15) is 0 Å². The molecule has 1 aromatic carbocycles. The normalized spacial score (nSPS) is 19.8. The third-order valence-corrected chi connectivity index (χ3v) is 4.70. The largest absolute Gasteiger partial charge is 0.383 e. The summed E-state index contributed by atoms with van der Waals surface area (Å²) < 4.78 is 5.03. The van der Waals surface area contributed by atoms with Crippen molar-refractivity contribution in [2.75, 3.05) is 26.8 Å². The molecule has 18 heavy (non-hydrogen) atoms. The first-order chi connectivity index (χ1) is 8.79. The molecule has 1 aliphatic rings. The van der Waals surface area contributed by atoms with Crippen molar-refractivity contribution >= 4 is 11.8 Å². The Kier molecular flexibility index (Phi) is 5.54. The van der Waals surface area contributed by atoms with Crippen LogP contribution in [0.25, 0.3) is 0 Å². The lowest BCUT2D eigenvalue weighted by Crippen LogP contribution is -2.26. The molecule has 100 valence electrons. The SMILES string of the molecule is COCCNCC(C)CC1Cc2ccccc2S1. The van der Waals surface area contributed by atoms with E-state index in [2.05, 4.69) is 48.3 Å². The van der Waals surface area contributed by atoms with Gasteiger partial charge in [-0.15, -0.1) is 11.8 Å². The second-order valence-electron chi connectivity index (χ2n) is 5.09. The molecular formula is C15H23NOS. The predicted octanol–water partition coefficient (Wildman–Crippen LogP) is 2.97. The summed E-state index contributed by atoms with van der Waals surface area (Å²) in [5, 5.41) is 4.21. The first-order valence-corrected chi connectivity index (χ1v) is 7.61. The summed E-state index contributed by atoms with van der Waals surface area (Å²) in [6.07, 6.45) is 2.53. The average Bonchev–Trinajstić information content (AvgIpc) is 2.76. The van der Waals surface area contributed by atoms with Crippen molar-refractivity contribution in [3.8, 4) is 0 Å². The molecular weight excluding hydrogens is 242 g/mol. The molecule has 2 atom stereocenters. The van der Waals surface area contributed by atoms with E-state index in [1.807, 2.05) is 0 Å². The number of methoxy groups -OCH3 is 1. The first kappa shape index (κ1) is 13.9. The van der Waals surface area contributed by atoms with Crippen LogP contribution in [-0.2, 0) is 11.2 Å². The molecule has 2 unspecified atom stereocenters. The van der Waals surface area contributed by atoms with Crippen LogP contribution in [0.4, 0.5) is 0 Å². The molecule has 0 bridgehead atoms. The molecule has 0 aromatic heterocycles. The number of fused-ring (bicyclic) bond motifs is 1. The van der Waals surface area contributed by atoms with Crippen molar-refractivity contribution < 1.29 is 4.74 Å². The van der Waals surface area contributed by atoms with Gasteiger partial charge in [0.25, 0.3) is 0 Å². The number of nitrogens with one attached hydrogen (secondary N) is 1. The Balaban J connectivity index is 1.69. The smallest absolute Gasteiger partial charge is 0.0587 e. The lowest BCUT2D eigenvalue weighted by molar-refractivity contribution is 0.198. The minimum Gasteiger partial charge on any atom is -0.383 e. The van der Waals surface area contributed by atoms with Crippen molar-refractivity contribution in [2.24, 2.45) is 5.92 Å². The Morgan fingerprint density at radius 3 is 3.06 bits per heavy atom. The van der Waals surface area contributed by atoms with Gasteiger partial charge in [0.1, 0.15) is 0 Å². The predicted molar refractivity (Wildman–Crippen MR) is 78.3 cm³/mol. The summed E-state index contributed by atoms with van der Waals surface area (Å²) in [5.41, 5.74) is 1.53. The Hall–Kier alpha value is -0.510. The maximum atomic E-state index is 5.03. The number of hydrogen-bond donors (Lipinski definition) is 1. The van der Waals surface area contributed by atoms with Crippen LogP contribution in [-0.4, -0.2) is 32.1 Å². The zero-order valence-electron chi connectivity index (χ0n) is 11.3. The van der Waals surface area contributed by atoms with Gasteiger partial charge in [0.15, 0.2) is 0 Å². The van der Waals surface area contributed by atoms with Crippen LogP contribution in [0.1, 0.15) is 18.9 Å². The van der Waals surface area contributed by atoms with Crippen LogP contribution in [0, 0.1) is 5.92 Å². The monoisotopic (exact) mass is 265 g/mol. The van der Waals surface area contributed by atoms with Gasteiger partial charge in [-0.3, -0.25) is 0 Å². The zero-order valence-corrected chi connectivity index (χ0v) is 12.1. The van der Waals surface area contributed by atoms with Crippen molar-refractivity contribution in [3.05, 3.63) is 29.8 Å². The van der Waals surface area contributed by atoms with Crippen LogP contribution in [0.2, 0.25) is 0 Å². The zero-order chi connectivity index (χ0) is 12.8. The fourth-order valence-corrected chi connectivity index (χ4v) is 3.95. The molecule has 0 radical (unpaired) electrons. The van der Waals surface area contributed by atoms with Crippen molar-refractivity contribution in [1.29, 1.82) is 0 Å². The van der Waals surface area contributed by atoms with Crippen LogP contribution >= 0.6 is 11.8 Å². The van der Waals surface area contributed by atoms with E-state index in [1.54, 1.807) is 7.11 Å². The van der Waals surface area contributed by atoms with Gasteiger partial charge in [0.2, 0.25) is 0 Å². The molecule has 2 rings (SSSR count). The Morgan fingerprint density at radius 1 is 1.44 bits per heavy atom. The van der Waals surface area contributed by atoms with E-state index < -0.39 is 0 Å². The summed E-state index contributed by atoms with van der Waals surface area (Å²) in [5.74, 6) is 0.730. The molecule has 0 amide bonds. The van der Waals surface area contributed by atoms with E-state index in [0.29, 0.717) is 0 Å². The fourth-order valence-electron chi connectivity index (χ4n) is 2.44. The second-order valence-corrected chi connectivity index (χ2v) is 6.43. The standard InChI is InChI=1S/C15H23NOS/c1-12(11-16-7-8-17-2)9-14-10-13-5-3-4-6-15(13)18-14/h3-6,12,14,16H,7-11H2,1-2H3. The average molecular weight is 265 g/mol. The maximum Gasteiger partial charge on any atom is 0.0587 e. The van der Waals surface area contributed by atoms with Crippen LogP contribution in [0.5, 0.6) is 0 Å². The number of benzene rings is 1. The summed E-state index contributed by atoms with van der Waals surface area (Å²) in [6, 6.07) is 8.81. The fraction of sp³-hybridized carbons (Fsp3) is 0.600. The van der Waals surface area contributed by atoms with Gasteiger partial charge < -0.3 is 10.1 Å². The van der Waals surface area contributed by atoms with Gasteiger partial charge in [-0.2, -0.15) is 0 Å². The van der Waals surface area contributed by atoms with Gasteiger partial charge in [-0.1, -0.05) is 25.1 Å². The van der Waals surface area contributed by atoms with E-state index >= 15 is 0 Å². The molecule has 0 fully saturated rings. The molecule has 1 heterocycles. The summed E-state index contributed by atoms with van der Waals surface area (Å²) >= 11 is 2.06. The highest BCUT2D eigenvalue weighted by Gasteiger charge is 2.23. The van der Waals surface area contributed by atoms with Gasteiger partial charge in [0, 0.05) is 23.8 Å². The van der Waals surface area contributed by atoms with Crippen molar-refractivity contribution in [3.63, 3.8) is 0 Å². The van der Waals surface area contributed by atoms with E-state index in [4.69, 9.17) is 4.74 Å². The number of hydrogen-bond acceptors (Lipinski definition) is 3. The van der Waals surface area contributed by atoms with Crippen molar-refractivity contribution in [2.45, 2.75) is 29.9 Å². The van der Waals surface area contributed by atoms with Gasteiger partial charge in [-0.05, 0) is 36.9 Å². The highest BCUT2D eigenvalue weighted by atomic mass is 32.2. The van der Waals surface area contributed by atoms with Crippen LogP contribution in [0.3, 0.4) is 0 Å². The summed E-state index contributed by atoms with van der Waals surface area (Å²) in [6.45, 7) is 5.19. The quantitative estimate of drug-likeness (QED) is 0.766. The molecule has 2 nitrogen and oxygen atoms in total. The molecule has 0 saturated heterocycles. The van der Waals surface area contributed by atoms with E-state index in [-0.39, 0.29) is 0 Å². The van der Waals surface area contributed by atoms with Gasteiger partial charge in [0.05, 0.1) is 6.61 Å². The summed E-state index contributed by atoms with van der Waals surface area (Å²) in [4.78, 5) is 1.49. The third-order valence-electron chi connectivity index (χ3n) is 3.35. The minimum atomic E-state index is 0.730.